The number of carbonyl (C=O) groups excluding carboxylic acids is 3. The summed E-state index contributed by atoms with van der Waals surface area (Å²) in [6.45, 7) is 1.35. The summed E-state index contributed by atoms with van der Waals surface area (Å²) in [7, 11) is 1.22. The van der Waals surface area contributed by atoms with Gasteiger partial charge in [-0.2, -0.15) is 0 Å². The predicted molar refractivity (Wildman–Crippen MR) is 111 cm³/mol. The molecule has 3 heterocycles. The minimum atomic E-state index is -0.991. The second kappa shape index (κ2) is 8.06. The molecule has 0 bridgehead atoms. The summed E-state index contributed by atoms with van der Waals surface area (Å²) in [6.07, 6.45) is 1.54. The number of ether oxygens (including phenoxy) is 1. The molecule has 164 valence electrons. The molecule has 1 aromatic carbocycles. The van der Waals surface area contributed by atoms with Crippen molar-refractivity contribution in [2.75, 3.05) is 7.11 Å². The van der Waals surface area contributed by atoms with E-state index in [1.165, 1.54) is 25.3 Å². The molecule has 2 N–H and O–H groups in total. The van der Waals surface area contributed by atoms with Crippen LogP contribution in [0.4, 0.5) is 4.79 Å². The number of hydrogen-bond acceptors (Lipinski definition) is 6. The normalized spacial score (nSPS) is 14.9. The lowest BCUT2D eigenvalue weighted by molar-refractivity contribution is -0.137. The standard InChI is InChI=1S/C22H19N3O7/c1-12-15(14-5-3-4-6-17(14)24(12)11-19(26)27)9-16-20(28)25(22(30)23-16)10-13-7-8-18(32-13)21(29)31-2/h3-9H,10-11H2,1-2H3,(H,23,30)(H,26,27)/b16-9-. The van der Waals surface area contributed by atoms with Crippen LogP contribution in [0.2, 0.25) is 0 Å². The van der Waals surface area contributed by atoms with Crippen LogP contribution < -0.4 is 5.32 Å². The zero-order valence-electron chi connectivity index (χ0n) is 17.2. The van der Waals surface area contributed by atoms with E-state index in [4.69, 9.17) is 4.42 Å². The van der Waals surface area contributed by atoms with Gasteiger partial charge in [-0.25, -0.2) is 9.59 Å². The Kier molecular flexibility index (Phi) is 5.27. The molecule has 1 aliphatic heterocycles. The maximum absolute atomic E-state index is 12.9. The number of imide groups is 1. The quantitative estimate of drug-likeness (QED) is 0.344. The number of aromatic nitrogens is 1. The van der Waals surface area contributed by atoms with Gasteiger partial charge in [-0.15, -0.1) is 0 Å². The zero-order valence-corrected chi connectivity index (χ0v) is 17.2. The van der Waals surface area contributed by atoms with Crippen LogP contribution in [0.3, 0.4) is 0 Å². The summed E-state index contributed by atoms with van der Waals surface area (Å²) < 4.78 is 11.6. The van der Waals surface area contributed by atoms with E-state index in [1.54, 1.807) is 23.6 Å². The lowest BCUT2D eigenvalue weighted by Gasteiger charge is -2.09. The number of carboxylic acid groups (broad SMARTS) is 1. The number of rotatable bonds is 6. The number of hydrogen-bond donors (Lipinski definition) is 2. The van der Waals surface area contributed by atoms with Crippen molar-refractivity contribution in [1.29, 1.82) is 0 Å². The van der Waals surface area contributed by atoms with Gasteiger partial charge < -0.3 is 24.1 Å². The van der Waals surface area contributed by atoms with E-state index in [0.717, 1.165) is 10.3 Å². The number of furan rings is 1. The highest BCUT2D eigenvalue weighted by molar-refractivity contribution is 6.14. The monoisotopic (exact) mass is 437 g/mol. The second-order valence-corrected chi connectivity index (χ2v) is 7.13. The van der Waals surface area contributed by atoms with Gasteiger partial charge in [-0.05, 0) is 31.2 Å². The van der Waals surface area contributed by atoms with Gasteiger partial charge in [0.2, 0.25) is 5.76 Å². The Morgan fingerprint density at radius 1 is 1.19 bits per heavy atom. The summed E-state index contributed by atoms with van der Waals surface area (Å²) in [5.41, 5.74) is 2.04. The van der Waals surface area contributed by atoms with Crippen molar-refractivity contribution in [2.45, 2.75) is 20.0 Å². The first-order chi connectivity index (χ1) is 15.3. The Balaban J connectivity index is 1.65. The molecule has 0 aliphatic carbocycles. The second-order valence-electron chi connectivity index (χ2n) is 7.13. The van der Waals surface area contributed by atoms with Crippen molar-refractivity contribution in [1.82, 2.24) is 14.8 Å². The van der Waals surface area contributed by atoms with Gasteiger partial charge in [0.05, 0.1) is 13.7 Å². The minimum absolute atomic E-state index is 0.0350. The van der Waals surface area contributed by atoms with Gasteiger partial charge in [0.25, 0.3) is 5.91 Å². The predicted octanol–water partition coefficient (Wildman–Crippen LogP) is 2.51. The van der Waals surface area contributed by atoms with Gasteiger partial charge in [0.15, 0.2) is 0 Å². The number of carbonyl (C=O) groups is 4. The smallest absolute Gasteiger partial charge is 0.373 e. The number of methoxy groups -OCH3 is 1. The largest absolute Gasteiger partial charge is 0.480 e. The summed E-state index contributed by atoms with van der Waals surface area (Å²) in [6, 6.07) is 9.48. The van der Waals surface area contributed by atoms with Crippen LogP contribution in [-0.4, -0.2) is 45.6 Å². The van der Waals surface area contributed by atoms with Crippen molar-refractivity contribution in [3.05, 3.63) is 64.9 Å². The Hall–Kier alpha value is -4.34. The molecule has 4 rings (SSSR count). The highest BCUT2D eigenvalue weighted by Gasteiger charge is 2.35. The average Bonchev–Trinajstić information content (AvgIpc) is 3.42. The van der Waals surface area contributed by atoms with Crippen LogP contribution in [0, 0.1) is 6.92 Å². The number of aliphatic carboxylic acids is 1. The summed E-state index contributed by atoms with van der Waals surface area (Å²) in [4.78, 5) is 49.1. The van der Waals surface area contributed by atoms with Crippen LogP contribution in [-0.2, 0) is 27.4 Å². The van der Waals surface area contributed by atoms with Crippen molar-refractivity contribution in [2.24, 2.45) is 0 Å². The summed E-state index contributed by atoms with van der Waals surface area (Å²) in [5, 5.41) is 12.6. The molecule has 1 saturated heterocycles. The Morgan fingerprint density at radius 3 is 2.66 bits per heavy atom. The van der Waals surface area contributed by atoms with E-state index in [9.17, 15) is 24.3 Å². The van der Waals surface area contributed by atoms with E-state index < -0.39 is 23.9 Å². The fourth-order valence-corrected chi connectivity index (χ4v) is 3.67. The molecule has 10 nitrogen and oxygen atoms in total. The Bertz CT molecular complexity index is 1300. The number of amides is 3. The zero-order chi connectivity index (χ0) is 23.0. The number of benzene rings is 1. The molecule has 0 spiro atoms. The van der Waals surface area contributed by atoms with Gasteiger partial charge in [0.1, 0.15) is 18.0 Å². The van der Waals surface area contributed by atoms with Crippen molar-refractivity contribution < 1.29 is 33.4 Å². The third kappa shape index (κ3) is 3.62. The molecular weight excluding hydrogens is 418 g/mol. The highest BCUT2D eigenvalue weighted by Crippen LogP contribution is 2.29. The van der Waals surface area contributed by atoms with Crippen molar-refractivity contribution >= 4 is 40.9 Å². The molecule has 2 aromatic heterocycles. The molecular formula is C22H19N3O7. The number of nitrogens with one attached hydrogen (secondary N) is 1. The topological polar surface area (TPSA) is 131 Å². The minimum Gasteiger partial charge on any atom is -0.480 e. The van der Waals surface area contributed by atoms with Gasteiger partial charge in [-0.1, -0.05) is 18.2 Å². The third-order valence-electron chi connectivity index (χ3n) is 5.19. The van der Waals surface area contributed by atoms with Gasteiger partial charge >= 0.3 is 18.0 Å². The molecule has 0 radical (unpaired) electrons. The van der Waals surface area contributed by atoms with Gasteiger partial charge in [0, 0.05) is 22.2 Å². The number of urea groups is 1. The van der Waals surface area contributed by atoms with E-state index >= 15 is 0 Å². The average molecular weight is 437 g/mol. The molecule has 10 heteroatoms. The summed E-state index contributed by atoms with van der Waals surface area (Å²) in [5.74, 6) is -2.02. The molecule has 3 aromatic rings. The first kappa shape index (κ1) is 20.9. The fourth-order valence-electron chi connectivity index (χ4n) is 3.67. The Labute approximate surface area is 181 Å². The van der Waals surface area contributed by atoms with Crippen LogP contribution in [0.15, 0.2) is 46.5 Å². The molecule has 3 amide bonds. The number of fused-ring (bicyclic) bond motifs is 1. The molecule has 0 atom stereocenters. The number of carboxylic acids is 1. The molecule has 0 unspecified atom stereocenters. The summed E-state index contributed by atoms with van der Waals surface area (Å²) >= 11 is 0. The maximum Gasteiger partial charge on any atom is 0.373 e. The van der Waals surface area contributed by atoms with Crippen LogP contribution in [0.1, 0.15) is 27.6 Å². The molecule has 32 heavy (non-hydrogen) atoms. The van der Waals surface area contributed by atoms with E-state index in [2.05, 4.69) is 10.1 Å². The first-order valence-corrected chi connectivity index (χ1v) is 9.61. The molecule has 1 fully saturated rings. The van der Waals surface area contributed by atoms with E-state index in [0.29, 0.717) is 16.8 Å². The van der Waals surface area contributed by atoms with Crippen molar-refractivity contribution in [3.8, 4) is 0 Å². The first-order valence-electron chi connectivity index (χ1n) is 9.61. The number of esters is 1. The van der Waals surface area contributed by atoms with Crippen LogP contribution in [0.5, 0.6) is 0 Å². The van der Waals surface area contributed by atoms with Gasteiger partial charge in [-0.3, -0.25) is 14.5 Å². The molecule has 0 saturated carbocycles. The van der Waals surface area contributed by atoms with Crippen LogP contribution in [0.25, 0.3) is 17.0 Å². The SMILES string of the molecule is COC(=O)c1ccc(CN2C(=O)N/C(=C\c3c(C)n(CC(=O)O)c4ccccc34)C2=O)o1. The van der Waals surface area contributed by atoms with Crippen LogP contribution >= 0.6 is 0 Å². The molecule has 1 aliphatic rings. The highest BCUT2D eigenvalue weighted by atomic mass is 16.5. The maximum atomic E-state index is 12.9. The lowest BCUT2D eigenvalue weighted by atomic mass is 10.1. The number of nitrogens with zero attached hydrogens (tertiary/aromatic N) is 2. The number of para-hydroxylation sites is 1. The van der Waals surface area contributed by atoms with E-state index in [-0.39, 0.29) is 30.3 Å². The fraction of sp³-hybridized carbons (Fsp3) is 0.182. The third-order valence-corrected chi connectivity index (χ3v) is 5.19. The lowest BCUT2D eigenvalue weighted by Crippen LogP contribution is -2.30. The van der Waals surface area contributed by atoms with Crippen molar-refractivity contribution in [3.63, 3.8) is 0 Å². The van der Waals surface area contributed by atoms with E-state index in [1.807, 2.05) is 12.1 Å². The Morgan fingerprint density at radius 2 is 1.94 bits per heavy atom.